The molecule has 0 aliphatic carbocycles. The van der Waals surface area contributed by atoms with Crippen LogP contribution >= 0.6 is 0 Å². The summed E-state index contributed by atoms with van der Waals surface area (Å²) < 4.78 is 0. The van der Waals surface area contributed by atoms with Crippen LogP contribution in [0, 0.1) is 0 Å². The van der Waals surface area contributed by atoms with Crippen molar-refractivity contribution in [3.63, 3.8) is 0 Å². The van der Waals surface area contributed by atoms with Crippen LogP contribution in [0.2, 0.25) is 0 Å². The number of carbonyl (C=O) groups is 2. The van der Waals surface area contributed by atoms with Crippen molar-refractivity contribution in [1.29, 1.82) is 0 Å². The van der Waals surface area contributed by atoms with Gasteiger partial charge in [0.2, 0.25) is 0 Å². The van der Waals surface area contributed by atoms with Crippen LogP contribution in [0.4, 0.5) is 0 Å². The minimum Gasteiger partial charge on any atom is -0.294 e. The second-order valence-electron chi connectivity index (χ2n) is 5.13. The lowest BCUT2D eigenvalue weighted by Gasteiger charge is -2.06. The van der Waals surface area contributed by atoms with Crippen molar-refractivity contribution >= 4 is 11.6 Å². The highest BCUT2D eigenvalue weighted by molar-refractivity contribution is 5.96. The first-order valence-corrected chi connectivity index (χ1v) is 7.38. The Morgan fingerprint density at radius 3 is 1.57 bits per heavy atom. The third-order valence-electron chi connectivity index (χ3n) is 3.55. The Morgan fingerprint density at radius 2 is 1.19 bits per heavy atom. The summed E-state index contributed by atoms with van der Waals surface area (Å²) in [6.45, 7) is 3.74. The molecule has 0 spiro atoms. The van der Waals surface area contributed by atoms with E-state index in [9.17, 15) is 9.59 Å². The predicted octanol–water partition coefficient (Wildman–Crippen LogP) is 4.46. The zero-order valence-electron chi connectivity index (χ0n) is 12.6. The highest BCUT2D eigenvalue weighted by Crippen LogP contribution is 2.15. The van der Waals surface area contributed by atoms with E-state index in [1.54, 1.807) is 0 Å². The molecule has 0 aromatic heterocycles. The Labute approximate surface area is 125 Å². The maximum atomic E-state index is 11.8. The van der Waals surface area contributed by atoms with Crippen LogP contribution in [0.3, 0.4) is 0 Å². The van der Waals surface area contributed by atoms with E-state index in [1.807, 2.05) is 62.4 Å². The first-order chi connectivity index (χ1) is 10.1. The molecule has 0 bridgehead atoms. The summed E-state index contributed by atoms with van der Waals surface area (Å²) in [7, 11) is 0. The SMILES string of the molecule is CCC(=O)c1cccc(Cc2cccc(C(=O)CC)c2)c1. The van der Waals surface area contributed by atoms with Crippen LogP contribution in [0.25, 0.3) is 0 Å². The second kappa shape index (κ2) is 6.98. The summed E-state index contributed by atoms with van der Waals surface area (Å²) in [6.07, 6.45) is 1.77. The Hall–Kier alpha value is -2.22. The molecule has 0 unspecified atom stereocenters. The number of hydrogen-bond acceptors (Lipinski definition) is 2. The Bertz CT molecular complexity index is 599. The van der Waals surface area contributed by atoms with Crippen molar-refractivity contribution in [1.82, 2.24) is 0 Å². The van der Waals surface area contributed by atoms with Crippen LogP contribution in [0.15, 0.2) is 48.5 Å². The second-order valence-corrected chi connectivity index (χ2v) is 5.13. The molecule has 0 saturated carbocycles. The minimum absolute atomic E-state index is 0.159. The summed E-state index contributed by atoms with van der Waals surface area (Å²) in [6, 6.07) is 15.5. The normalized spacial score (nSPS) is 10.4. The largest absolute Gasteiger partial charge is 0.294 e. The number of rotatable bonds is 6. The van der Waals surface area contributed by atoms with Crippen LogP contribution in [-0.4, -0.2) is 11.6 Å². The van der Waals surface area contributed by atoms with E-state index in [4.69, 9.17) is 0 Å². The fourth-order valence-electron chi connectivity index (χ4n) is 2.35. The van der Waals surface area contributed by atoms with Gasteiger partial charge in [-0.3, -0.25) is 9.59 Å². The molecule has 0 N–H and O–H groups in total. The van der Waals surface area contributed by atoms with Gasteiger partial charge in [0, 0.05) is 24.0 Å². The fourth-order valence-corrected chi connectivity index (χ4v) is 2.35. The first kappa shape index (κ1) is 15.2. The van der Waals surface area contributed by atoms with Crippen molar-refractivity contribution < 1.29 is 9.59 Å². The molecule has 2 rings (SSSR count). The lowest BCUT2D eigenvalue weighted by molar-refractivity contribution is 0.0980. The molecule has 0 aliphatic heterocycles. The van der Waals surface area contributed by atoms with E-state index in [-0.39, 0.29) is 11.6 Å². The maximum Gasteiger partial charge on any atom is 0.162 e. The summed E-state index contributed by atoms with van der Waals surface area (Å²) in [5, 5.41) is 0. The van der Waals surface area contributed by atoms with E-state index in [1.165, 1.54) is 0 Å². The van der Waals surface area contributed by atoms with Crippen molar-refractivity contribution in [3.8, 4) is 0 Å². The van der Waals surface area contributed by atoms with Crippen molar-refractivity contribution in [2.75, 3.05) is 0 Å². The number of benzene rings is 2. The summed E-state index contributed by atoms with van der Waals surface area (Å²) in [4.78, 5) is 23.5. The zero-order chi connectivity index (χ0) is 15.2. The molecule has 0 radical (unpaired) electrons. The first-order valence-electron chi connectivity index (χ1n) is 7.38. The van der Waals surface area contributed by atoms with Gasteiger partial charge in [0.15, 0.2) is 11.6 Å². The van der Waals surface area contributed by atoms with Crippen molar-refractivity contribution in [2.45, 2.75) is 33.1 Å². The summed E-state index contributed by atoms with van der Waals surface area (Å²) in [5.74, 6) is 0.318. The van der Waals surface area contributed by atoms with E-state index in [0.717, 1.165) is 28.7 Å². The molecule has 2 nitrogen and oxygen atoms in total. The van der Waals surface area contributed by atoms with Gasteiger partial charge in [0.1, 0.15) is 0 Å². The molecule has 0 atom stereocenters. The van der Waals surface area contributed by atoms with Gasteiger partial charge >= 0.3 is 0 Å². The lowest BCUT2D eigenvalue weighted by Crippen LogP contribution is -2.00. The van der Waals surface area contributed by atoms with Gasteiger partial charge in [0.25, 0.3) is 0 Å². The van der Waals surface area contributed by atoms with Crippen molar-refractivity contribution in [2.24, 2.45) is 0 Å². The monoisotopic (exact) mass is 280 g/mol. The highest BCUT2D eigenvalue weighted by atomic mass is 16.1. The van der Waals surface area contributed by atoms with Gasteiger partial charge in [-0.25, -0.2) is 0 Å². The zero-order valence-corrected chi connectivity index (χ0v) is 12.6. The molecule has 0 aliphatic rings. The summed E-state index contributed by atoms with van der Waals surface area (Å²) >= 11 is 0. The molecule has 2 aromatic carbocycles. The molecule has 2 heteroatoms. The van der Waals surface area contributed by atoms with Gasteiger partial charge in [-0.15, -0.1) is 0 Å². The van der Waals surface area contributed by atoms with Gasteiger partial charge < -0.3 is 0 Å². The summed E-state index contributed by atoms with van der Waals surface area (Å²) in [5.41, 5.74) is 3.71. The van der Waals surface area contributed by atoms with Gasteiger partial charge in [0.05, 0.1) is 0 Å². The number of carbonyl (C=O) groups excluding carboxylic acids is 2. The average molecular weight is 280 g/mol. The lowest BCUT2D eigenvalue weighted by atomic mass is 9.98. The van der Waals surface area contributed by atoms with E-state index in [0.29, 0.717) is 12.8 Å². The van der Waals surface area contributed by atoms with Gasteiger partial charge in [-0.05, 0) is 29.7 Å². The molecular weight excluding hydrogens is 260 g/mol. The van der Waals surface area contributed by atoms with E-state index in [2.05, 4.69) is 0 Å². The third kappa shape index (κ3) is 3.88. The molecular formula is C19H20O2. The fraction of sp³-hybridized carbons (Fsp3) is 0.263. The van der Waals surface area contributed by atoms with E-state index >= 15 is 0 Å². The number of Topliss-reactive ketones (excluding diaryl/α,β-unsaturated/α-hetero) is 2. The Kier molecular flexibility index (Phi) is 5.04. The molecule has 0 saturated heterocycles. The molecule has 0 amide bonds. The predicted molar refractivity (Wildman–Crippen MR) is 84.9 cm³/mol. The number of ketones is 2. The molecule has 0 heterocycles. The Balaban J connectivity index is 2.22. The van der Waals surface area contributed by atoms with Crippen LogP contribution in [0.5, 0.6) is 0 Å². The maximum absolute atomic E-state index is 11.8. The van der Waals surface area contributed by atoms with Gasteiger partial charge in [-0.2, -0.15) is 0 Å². The third-order valence-corrected chi connectivity index (χ3v) is 3.55. The quantitative estimate of drug-likeness (QED) is 0.732. The van der Waals surface area contributed by atoms with Gasteiger partial charge in [-0.1, -0.05) is 50.2 Å². The standard InChI is InChI=1S/C19H20O2/c1-3-18(20)16-9-5-7-14(12-16)11-15-8-6-10-17(13-15)19(21)4-2/h5-10,12-13H,3-4,11H2,1-2H3. The molecule has 21 heavy (non-hydrogen) atoms. The van der Waals surface area contributed by atoms with Crippen molar-refractivity contribution in [3.05, 3.63) is 70.8 Å². The average Bonchev–Trinajstić information content (AvgIpc) is 2.53. The molecule has 2 aromatic rings. The number of hydrogen-bond donors (Lipinski definition) is 0. The minimum atomic E-state index is 0.159. The van der Waals surface area contributed by atoms with Crippen LogP contribution in [0.1, 0.15) is 58.5 Å². The smallest absolute Gasteiger partial charge is 0.162 e. The molecule has 108 valence electrons. The van der Waals surface area contributed by atoms with E-state index < -0.39 is 0 Å². The Morgan fingerprint density at radius 1 is 0.762 bits per heavy atom. The highest BCUT2D eigenvalue weighted by Gasteiger charge is 2.06. The van der Waals surface area contributed by atoms with Crippen LogP contribution < -0.4 is 0 Å². The topological polar surface area (TPSA) is 34.1 Å². The van der Waals surface area contributed by atoms with Crippen LogP contribution in [-0.2, 0) is 6.42 Å². The molecule has 0 fully saturated rings.